The van der Waals surface area contributed by atoms with Crippen molar-refractivity contribution in [3.63, 3.8) is 0 Å². The Bertz CT molecular complexity index is 793. The lowest BCUT2D eigenvalue weighted by atomic mass is 10.1. The van der Waals surface area contributed by atoms with Gasteiger partial charge in [-0.05, 0) is 24.5 Å². The van der Waals surface area contributed by atoms with Gasteiger partial charge in [-0.25, -0.2) is 4.98 Å². The fraction of sp³-hybridized carbons (Fsp3) is 0.200. The third-order valence-corrected chi connectivity index (χ3v) is 3.61. The first-order valence-electron chi connectivity index (χ1n) is 6.50. The lowest BCUT2D eigenvalue weighted by molar-refractivity contribution is -0.119. The minimum atomic E-state index is -0.540. The fourth-order valence-electron chi connectivity index (χ4n) is 2.55. The number of hydrogen-bond acceptors (Lipinski definition) is 4. The summed E-state index contributed by atoms with van der Waals surface area (Å²) in [5.41, 5.74) is 2.03. The van der Waals surface area contributed by atoms with E-state index in [1.165, 1.54) is 10.9 Å². The molecular weight excluding hydrogens is 266 g/mol. The predicted octanol–water partition coefficient (Wildman–Crippen LogP) is 1.75. The lowest BCUT2D eigenvalue weighted by Gasteiger charge is -2.15. The van der Waals surface area contributed by atoms with E-state index in [-0.39, 0.29) is 17.3 Å². The number of aryl methyl sites for hydroxylation is 1. The second-order valence-corrected chi connectivity index (χ2v) is 4.77. The molecule has 0 saturated carbocycles. The maximum atomic E-state index is 12.4. The fourth-order valence-corrected chi connectivity index (χ4v) is 2.55. The third kappa shape index (κ3) is 2.13. The Morgan fingerprint density at radius 2 is 2.10 bits per heavy atom. The van der Waals surface area contributed by atoms with E-state index in [9.17, 15) is 10.1 Å². The number of rotatable bonds is 1. The number of fused-ring (bicyclic) bond motifs is 1. The molecule has 2 aromatic rings. The topological polar surface area (TPSA) is 94.5 Å². The number of anilines is 1. The van der Waals surface area contributed by atoms with Crippen LogP contribution in [-0.2, 0) is 11.2 Å². The molecule has 1 unspecified atom stereocenters. The molecule has 0 aliphatic carbocycles. The highest BCUT2D eigenvalue weighted by atomic mass is 16.2. The largest absolute Gasteiger partial charge is 0.324 e. The number of carbonyl (C=O) groups excluding carboxylic acids is 1. The molecule has 3 rings (SSSR count). The van der Waals surface area contributed by atoms with Crippen molar-refractivity contribution in [3.05, 3.63) is 47.5 Å². The van der Waals surface area contributed by atoms with Crippen molar-refractivity contribution in [1.82, 2.24) is 9.55 Å². The molecule has 1 aliphatic heterocycles. The van der Waals surface area contributed by atoms with E-state index in [1.54, 1.807) is 0 Å². The first-order chi connectivity index (χ1) is 10.2. The lowest BCUT2D eigenvalue weighted by Crippen LogP contribution is -2.25. The van der Waals surface area contributed by atoms with Gasteiger partial charge in [-0.2, -0.15) is 10.5 Å². The summed E-state index contributed by atoms with van der Waals surface area (Å²) in [5.74, 6) is -0.196. The normalized spacial score (nSPS) is 17.0. The summed E-state index contributed by atoms with van der Waals surface area (Å²) >= 11 is 0. The summed E-state index contributed by atoms with van der Waals surface area (Å²) in [6.45, 7) is 0. The van der Waals surface area contributed by atoms with Gasteiger partial charge in [0.1, 0.15) is 18.2 Å². The van der Waals surface area contributed by atoms with Gasteiger partial charge >= 0.3 is 0 Å². The smallest absolute Gasteiger partial charge is 0.247 e. The molecular formula is C15H11N5O. The highest BCUT2D eigenvalue weighted by Gasteiger charge is 2.27. The number of amides is 1. The molecule has 2 heterocycles. The SMILES string of the molecule is N#Cc1ncn(C2CCc3ccccc3NC2=O)c1C#N. The zero-order valence-electron chi connectivity index (χ0n) is 11.1. The summed E-state index contributed by atoms with van der Waals surface area (Å²) in [6.07, 6.45) is 2.65. The Balaban J connectivity index is 1.99. The minimum Gasteiger partial charge on any atom is -0.324 e. The van der Waals surface area contributed by atoms with Gasteiger partial charge in [0.25, 0.3) is 0 Å². The van der Waals surface area contributed by atoms with Crippen LogP contribution in [0, 0.1) is 22.7 Å². The average Bonchev–Trinajstić information content (AvgIpc) is 2.84. The number of nitrogens with one attached hydrogen (secondary N) is 1. The van der Waals surface area contributed by atoms with Gasteiger partial charge in [-0.3, -0.25) is 4.79 Å². The Labute approximate surface area is 121 Å². The number of carbonyl (C=O) groups is 1. The summed E-state index contributed by atoms with van der Waals surface area (Å²) < 4.78 is 1.49. The molecule has 0 fully saturated rings. The van der Waals surface area contributed by atoms with Crippen LogP contribution in [0.15, 0.2) is 30.6 Å². The zero-order valence-corrected chi connectivity index (χ0v) is 11.1. The Morgan fingerprint density at radius 1 is 1.29 bits per heavy atom. The van der Waals surface area contributed by atoms with E-state index in [0.29, 0.717) is 12.8 Å². The second-order valence-electron chi connectivity index (χ2n) is 4.77. The van der Waals surface area contributed by atoms with Crippen LogP contribution in [0.2, 0.25) is 0 Å². The summed E-state index contributed by atoms with van der Waals surface area (Å²) in [4.78, 5) is 16.3. The summed E-state index contributed by atoms with van der Waals surface area (Å²) in [5, 5.41) is 21.0. The van der Waals surface area contributed by atoms with E-state index in [0.717, 1.165) is 11.3 Å². The van der Waals surface area contributed by atoms with Crippen LogP contribution < -0.4 is 5.32 Å². The van der Waals surface area contributed by atoms with Gasteiger partial charge in [0, 0.05) is 5.69 Å². The molecule has 6 heteroatoms. The van der Waals surface area contributed by atoms with E-state index in [2.05, 4.69) is 10.3 Å². The molecule has 6 nitrogen and oxygen atoms in total. The van der Waals surface area contributed by atoms with Crippen LogP contribution in [0.5, 0.6) is 0 Å². The maximum Gasteiger partial charge on any atom is 0.247 e. The summed E-state index contributed by atoms with van der Waals surface area (Å²) in [7, 11) is 0. The molecule has 0 spiro atoms. The molecule has 0 radical (unpaired) electrons. The molecule has 21 heavy (non-hydrogen) atoms. The van der Waals surface area contributed by atoms with Crippen molar-refractivity contribution in [2.75, 3.05) is 5.32 Å². The highest BCUT2D eigenvalue weighted by Crippen LogP contribution is 2.28. The zero-order chi connectivity index (χ0) is 14.8. The standard InChI is InChI=1S/C15H11N5O/c16-7-12-14(8-17)20(9-18-12)13-6-5-10-3-1-2-4-11(10)19-15(13)21/h1-4,9,13H,5-6H2,(H,19,21). The molecule has 0 bridgehead atoms. The third-order valence-electron chi connectivity index (χ3n) is 3.61. The Kier molecular flexibility index (Phi) is 3.13. The van der Waals surface area contributed by atoms with E-state index >= 15 is 0 Å². The summed E-state index contributed by atoms with van der Waals surface area (Å²) in [6, 6.07) is 10.9. The predicted molar refractivity (Wildman–Crippen MR) is 74.1 cm³/mol. The number of nitrogens with zero attached hydrogens (tertiary/aromatic N) is 4. The highest BCUT2D eigenvalue weighted by molar-refractivity contribution is 5.95. The number of hydrogen-bond donors (Lipinski definition) is 1. The van der Waals surface area contributed by atoms with Crippen LogP contribution in [0.3, 0.4) is 0 Å². The van der Waals surface area contributed by atoms with Crippen LogP contribution >= 0.6 is 0 Å². The molecule has 102 valence electrons. The quantitative estimate of drug-likeness (QED) is 0.859. The Hall–Kier alpha value is -3.12. The van der Waals surface area contributed by atoms with E-state index in [4.69, 9.17) is 5.26 Å². The average molecular weight is 277 g/mol. The van der Waals surface area contributed by atoms with Crippen molar-refractivity contribution in [2.24, 2.45) is 0 Å². The van der Waals surface area contributed by atoms with E-state index in [1.807, 2.05) is 36.4 Å². The van der Waals surface area contributed by atoms with Gasteiger partial charge < -0.3 is 9.88 Å². The second kappa shape index (κ2) is 5.10. The van der Waals surface area contributed by atoms with Crippen molar-refractivity contribution in [3.8, 4) is 12.1 Å². The van der Waals surface area contributed by atoms with Crippen molar-refractivity contribution < 1.29 is 4.79 Å². The van der Waals surface area contributed by atoms with Gasteiger partial charge in [0.15, 0.2) is 11.4 Å². The number of imidazole rings is 1. The number of benzene rings is 1. The van der Waals surface area contributed by atoms with Crippen molar-refractivity contribution in [1.29, 1.82) is 10.5 Å². The molecule has 0 saturated heterocycles. The molecule has 1 N–H and O–H groups in total. The molecule has 1 atom stereocenters. The van der Waals surface area contributed by atoms with Crippen LogP contribution in [0.25, 0.3) is 0 Å². The van der Waals surface area contributed by atoms with E-state index < -0.39 is 6.04 Å². The Morgan fingerprint density at radius 3 is 2.86 bits per heavy atom. The van der Waals surface area contributed by atoms with Gasteiger partial charge in [0.2, 0.25) is 5.91 Å². The van der Waals surface area contributed by atoms with Crippen LogP contribution in [-0.4, -0.2) is 15.5 Å². The monoisotopic (exact) mass is 277 g/mol. The van der Waals surface area contributed by atoms with Crippen LogP contribution in [0.4, 0.5) is 5.69 Å². The van der Waals surface area contributed by atoms with Crippen molar-refractivity contribution in [2.45, 2.75) is 18.9 Å². The molecule has 1 aromatic heterocycles. The van der Waals surface area contributed by atoms with Gasteiger partial charge in [0.05, 0.1) is 6.33 Å². The molecule has 1 aromatic carbocycles. The first-order valence-corrected chi connectivity index (χ1v) is 6.50. The first kappa shape index (κ1) is 12.9. The van der Waals surface area contributed by atoms with Crippen LogP contribution in [0.1, 0.15) is 29.4 Å². The number of nitriles is 2. The maximum absolute atomic E-state index is 12.4. The minimum absolute atomic E-state index is 0.0482. The van der Waals surface area contributed by atoms with Gasteiger partial charge in [-0.1, -0.05) is 18.2 Å². The van der Waals surface area contributed by atoms with Gasteiger partial charge in [-0.15, -0.1) is 0 Å². The number of aromatic nitrogens is 2. The van der Waals surface area contributed by atoms with Crippen molar-refractivity contribution >= 4 is 11.6 Å². The molecule has 1 amide bonds. The number of para-hydroxylation sites is 1. The molecule has 1 aliphatic rings.